The van der Waals surface area contributed by atoms with Crippen LogP contribution in [0.4, 0.5) is 13.2 Å². The molecule has 0 saturated carbocycles. The van der Waals surface area contributed by atoms with Gasteiger partial charge in [0, 0.05) is 21.5 Å². The van der Waals surface area contributed by atoms with Gasteiger partial charge in [-0.1, -0.05) is 48.8 Å². The molecule has 3 nitrogen and oxygen atoms in total. The van der Waals surface area contributed by atoms with Crippen molar-refractivity contribution in [1.82, 2.24) is 14.6 Å². The van der Waals surface area contributed by atoms with Gasteiger partial charge in [-0.2, -0.15) is 18.3 Å². The number of fused-ring (bicyclic) bond motifs is 1. The topological polar surface area (TPSA) is 30.2 Å². The predicted molar refractivity (Wildman–Crippen MR) is 89.8 cm³/mol. The Morgan fingerprint density at radius 2 is 1.75 bits per heavy atom. The molecule has 0 spiro atoms. The fraction of sp³-hybridized carbons (Fsp3) is 0.294. The van der Waals surface area contributed by atoms with E-state index in [1.807, 2.05) is 32.9 Å². The van der Waals surface area contributed by atoms with Gasteiger partial charge >= 0.3 is 6.18 Å². The van der Waals surface area contributed by atoms with Gasteiger partial charge in [0.05, 0.1) is 11.4 Å². The fourth-order valence-corrected chi connectivity index (χ4v) is 2.75. The Bertz CT molecular complexity index is 908. The molecule has 0 atom stereocenters. The zero-order valence-electron chi connectivity index (χ0n) is 13.3. The van der Waals surface area contributed by atoms with Gasteiger partial charge in [-0.05, 0) is 18.2 Å². The monoisotopic (exact) mass is 397 g/mol. The second-order valence-corrected chi connectivity index (χ2v) is 7.50. The first-order valence-corrected chi connectivity index (χ1v) is 8.09. The molecule has 2 aromatic heterocycles. The minimum atomic E-state index is -4.51. The minimum absolute atomic E-state index is 0.185. The highest BCUT2D eigenvalue weighted by Crippen LogP contribution is 2.33. The van der Waals surface area contributed by atoms with Crippen molar-refractivity contribution in [1.29, 1.82) is 0 Å². The van der Waals surface area contributed by atoms with Crippen LogP contribution in [0.2, 0.25) is 0 Å². The molecule has 0 aliphatic rings. The van der Waals surface area contributed by atoms with Crippen LogP contribution in [0.15, 0.2) is 40.9 Å². The number of hydrogen-bond donors (Lipinski definition) is 0. The van der Waals surface area contributed by atoms with Crippen molar-refractivity contribution in [3.8, 4) is 11.3 Å². The molecule has 0 fully saturated rings. The number of aromatic nitrogens is 3. The third-order valence-electron chi connectivity index (χ3n) is 3.61. The summed E-state index contributed by atoms with van der Waals surface area (Å²) in [4.78, 5) is 4.38. The normalized spacial score (nSPS) is 12.8. The van der Waals surface area contributed by atoms with E-state index in [-0.39, 0.29) is 5.65 Å². The van der Waals surface area contributed by atoms with Crippen molar-refractivity contribution < 1.29 is 13.2 Å². The van der Waals surface area contributed by atoms with Crippen molar-refractivity contribution in [3.63, 3.8) is 0 Å². The Morgan fingerprint density at radius 1 is 1.04 bits per heavy atom. The van der Waals surface area contributed by atoms with Crippen molar-refractivity contribution in [3.05, 3.63) is 52.3 Å². The molecule has 2 heterocycles. The fourth-order valence-electron chi connectivity index (χ4n) is 2.35. The number of halogens is 4. The average molecular weight is 398 g/mol. The third-order valence-corrected chi connectivity index (χ3v) is 4.10. The maximum Gasteiger partial charge on any atom is 0.433 e. The highest BCUT2D eigenvalue weighted by Gasteiger charge is 2.36. The Morgan fingerprint density at radius 3 is 2.33 bits per heavy atom. The smallest absolute Gasteiger partial charge is 0.233 e. The summed E-state index contributed by atoms with van der Waals surface area (Å²) < 4.78 is 42.1. The van der Waals surface area contributed by atoms with E-state index in [1.165, 1.54) is 0 Å². The van der Waals surface area contributed by atoms with Crippen LogP contribution in [-0.2, 0) is 11.6 Å². The van der Waals surface area contributed by atoms with Crippen LogP contribution in [0.1, 0.15) is 32.2 Å². The quantitative estimate of drug-likeness (QED) is 0.544. The van der Waals surface area contributed by atoms with E-state index in [9.17, 15) is 13.2 Å². The summed E-state index contributed by atoms with van der Waals surface area (Å²) in [6, 6.07) is 9.90. The Hall–Kier alpha value is -1.89. The summed E-state index contributed by atoms with van der Waals surface area (Å²) in [5, 5.41) is 4.13. The molecule has 126 valence electrons. The molecule has 0 aliphatic carbocycles. The molecule has 0 N–H and O–H groups in total. The molecule has 0 amide bonds. The second kappa shape index (κ2) is 5.58. The van der Waals surface area contributed by atoms with Gasteiger partial charge in [-0.25, -0.2) is 9.50 Å². The van der Waals surface area contributed by atoms with E-state index in [0.717, 1.165) is 20.6 Å². The first-order valence-electron chi connectivity index (χ1n) is 7.30. The SMILES string of the molecule is CC(C)(C)c1cc(C(F)(F)F)n2nc(-c3cccc(Br)c3)cc2n1. The minimum Gasteiger partial charge on any atom is -0.233 e. The molecule has 0 unspecified atom stereocenters. The van der Waals surface area contributed by atoms with Crippen molar-refractivity contribution in [2.45, 2.75) is 32.4 Å². The average Bonchev–Trinajstić information content (AvgIpc) is 2.88. The van der Waals surface area contributed by atoms with E-state index < -0.39 is 17.3 Å². The van der Waals surface area contributed by atoms with Crippen LogP contribution in [-0.4, -0.2) is 14.6 Å². The summed E-state index contributed by atoms with van der Waals surface area (Å²) in [7, 11) is 0. The molecule has 0 saturated heterocycles. The molecule has 3 aromatic rings. The van der Waals surface area contributed by atoms with Gasteiger partial charge in [0.1, 0.15) is 5.69 Å². The van der Waals surface area contributed by atoms with Gasteiger partial charge in [0.15, 0.2) is 5.65 Å². The summed E-state index contributed by atoms with van der Waals surface area (Å²) in [5.74, 6) is 0. The predicted octanol–water partition coefficient (Wildman–Crippen LogP) is 5.48. The number of rotatable bonds is 1. The lowest BCUT2D eigenvalue weighted by atomic mass is 9.91. The first kappa shape index (κ1) is 17.0. The van der Waals surface area contributed by atoms with E-state index in [4.69, 9.17) is 0 Å². The number of nitrogens with zero attached hydrogens (tertiary/aromatic N) is 3. The summed E-state index contributed by atoms with van der Waals surface area (Å²) in [6.45, 7) is 5.49. The number of hydrogen-bond acceptors (Lipinski definition) is 2. The van der Waals surface area contributed by atoms with Crippen LogP contribution in [0.3, 0.4) is 0 Å². The maximum absolute atomic E-state index is 13.5. The molecule has 7 heteroatoms. The first-order chi connectivity index (χ1) is 11.1. The summed E-state index contributed by atoms with van der Waals surface area (Å²) >= 11 is 3.36. The Kier molecular flexibility index (Phi) is 3.94. The van der Waals surface area contributed by atoms with Gasteiger partial charge < -0.3 is 0 Å². The molecular weight excluding hydrogens is 383 g/mol. The molecule has 0 aliphatic heterocycles. The maximum atomic E-state index is 13.5. The van der Waals surface area contributed by atoms with Crippen molar-refractivity contribution >= 4 is 21.6 Å². The molecule has 1 aromatic carbocycles. The van der Waals surface area contributed by atoms with E-state index in [0.29, 0.717) is 11.4 Å². The van der Waals surface area contributed by atoms with Crippen LogP contribution in [0, 0.1) is 0 Å². The van der Waals surface area contributed by atoms with Crippen LogP contribution < -0.4 is 0 Å². The lowest BCUT2D eigenvalue weighted by molar-refractivity contribution is -0.142. The van der Waals surface area contributed by atoms with Crippen LogP contribution >= 0.6 is 15.9 Å². The molecule has 0 bridgehead atoms. The van der Waals surface area contributed by atoms with Crippen molar-refractivity contribution in [2.24, 2.45) is 0 Å². The van der Waals surface area contributed by atoms with Gasteiger partial charge in [0.2, 0.25) is 0 Å². The Balaban J connectivity index is 2.28. The number of alkyl halides is 3. The standard InChI is InChI=1S/C17H15BrF3N3/c1-16(2,3)13-9-14(17(19,20)21)24-15(22-13)8-12(23-24)10-5-4-6-11(18)7-10/h4-9H,1-3H3. The molecular formula is C17H15BrF3N3. The lowest BCUT2D eigenvalue weighted by Gasteiger charge is -2.19. The van der Waals surface area contributed by atoms with E-state index >= 15 is 0 Å². The molecule has 0 radical (unpaired) electrons. The summed E-state index contributed by atoms with van der Waals surface area (Å²) in [5.41, 5.74) is 0.411. The molecule has 24 heavy (non-hydrogen) atoms. The number of benzene rings is 1. The second-order valence-electron chi connectivity index (χ2n) is 6.58. The Labute approximate surface area is 145 Å². The largest absolute Gasteiger partial charge is 0.433 e. The zero-order chi connectivity index (χ0) is 17.7. The van der Waals surface area contributed by atoms with Gasteiger partial charge in [-0.15, -0.1) is 0 Å². The highest BCUT2D eigenvalue weighted by molar-refractivity contribution is 9.10. The van der Waals surface area contributed by atoms with E-state index in [1.54, 1.807) is 18.2 Å². The third kappa shape index (κ3) is 3.17. The van der Waals surface area contributed by atoms with Crippen LogP contribution in [0.25, 0.3) is 16.9 Å². The molecule has 3 rings (SSSR count). The highest BCUT2D eigenvalue weighted by atomic mass is 79.9. The lowest BCUT2D eigenvalue weighted by Crippen LogP contribution is -2.19. The van der Waals surface area contributed by atoms with E-state index in [2.05, 4.69) is 26.0 Å². The zero-order valence-corrected chi connectivity index (χ0v) is 14.9. The van der Waals surface area contributed by atoms with Gasteiger partial charge in [-0.3, -0.25) is 0 Å². The summed E-state index contributed by atoms with van der Waals surface area (Å²) in [6.07, 6.45) is -4.51. The van der Waals surface area contributed by atoms with Crippen molar-refractivity contribution in [2.75, 3.05) is 0 Å². The van der Waals surface area contributed by atoms with Gasteiger partial charge in [0.25, 0.3) is 0 Å². The van der Waals surface area contributed by atoms with Crippen LogP contribution in [0.5, 0.6) is 0 Å².